The highest BCUT2D eigenvalue weighted by atomic mass is 16.1. The van der Waals surface area contributed by atoms with Crippen LogP contribution in [0.1, 0.15) is 20.3 Å². The van der Waals surface area contributed by atoms with Gasteiger partial charge < -0.3 is 10.2 Å². The highest BCUT2D eigenvalue weighted by molar-refractivity contribution is 5.75. The molecule has 0 aromatic heterocycles. The average molecular weight is 172 g/mol. The second-order valence-electron chi connectivity index (χ2n) is 3.53. The van der Waals surface area contributed by atoms with E-state index in [0.717, 1.165) is 13.1 Å². The van der Waals surface area contributed by atoms with Crippen LogP contribution in [0.5, 0.6) is 0 Å². The smallest absolute Gasteiger partial charge is 0.219 e. The maximum absolute atomic E-state index is 10.9. The summed E-state index contributed by atoms with van der Waals surface area (Å²) in [6, 6.07) is 0. The summed E-state index contributed by atoms with van der Waals surface area (Å²) in [6.45, 7) is 5.80. The standard InChI is InChI=1S/C9H20N2O/c1-5-9(12)10-6-8(2)7-11(3)4/h8H,5-7H2,1-4H3,(H,10,12). The first-order chi connectivity index (χ1) is 5.56. The van der Waals surface area contributed by atoms with Gasteiger partial charge in [0.05, 0.1) is 0 Å². The van der Waals surface area contributed by atoms with Crippen LogP contribution in [0.3, 0.4) is 0 Å². The second kappa shape index (κ2) is 6.00. The van der Waals surface area contributed by atoms with E-state index in [4.69, 9.17) is 0 Å². The predicted molar refractivity (Wildman–Crippen MR) is 51.0 cm³/mol. The van der Waals surface area contributed by atoms with E-state index in [2.05, 4.69) is 17.1 Å². The third kappa shape index (κ3) is 6.16. The van der Waals surface area contributed by atoms with Crippen molar-refractivity contribution in [3.63, 3.8) is 0 Å². The van der Waals surface area contributed by atoms with Crippen LogP contribution >= 0.6 is 0 Å². The van der Waals surface area contributed by atoms with Crippen LogP contribution in [0.2, 0.25) is 0 Å². The summed E-state index contributed by atoms with van der Waals surface area (Å²) in [7, 11) is 4.08. The van der Waals surface area contributed by atoms with E-state index in [1.807, 2.05) is 21.0 Å². The van der Waals surface area contributed by atoms with Gasteiger partial charge in [0.25, 0.3) is 0 Å². The second-order valence-corrected chi connectivity index (χ2v) is 3.53. The summed E-state index contributed by atoms with van der Waals surface area (Å²) in [5.74, 6) is 0.663. The summed E-state index contributed by atoms with van der Waals surface area (Å²) in [5, 5.41) is 2.87. The molecule has 0 rings (SSSR count). The molecule has 0 aliphatic carbocycles. The monoisotopic (exact) mass is 172 g/mol. The molecule has 1 atom stereocenters. The summed E-state index contributed by atoms with van der Waals surface area (Å²) in [4.78, 5) is 13.0. The van der Waals surface area contributed by atoms with Gasteiger partial charge in [-0.25, -0.2) is 0 Å². The van der Waals surface area contributed by atoms with Gasteiger partial charge in [0.1, 0.15) is 0 Å². The molecule has 0 spiro atoms. The molecule has 0 aromatic carbocycles. The fourth-order valence-corrected chi connectivity index (χ4v) is 1.10. The topological polar surface area (TPSA) is 32.3 Å². The number of carbonyl (C=O) groups excluding carboxylic acids is 1. The van der Waals surface area contributed by atoms with Crippen LogP contribution in [0.25, 0.3) is 0 Å². The summed E-state index contributed by atoms with van der Waals surface area (Å²) < 4.78 is 0. The number of carbonyl (C=O) groups is 1. The Hall–Kier alpha value is -0.570. The van der Waals surface area contributed by atoms with Crippen molar-refractivity contribution in [3.8, 4) is 0 Å². The Labute approximate surface area is 75.1 Å². The van der Waals surface area contributed by atoms with E-state index >= 15 is 0 Å². The van der Waals surface area contributed by atoms with Crippen molar-refractivity contribution < 1.29 is 4.79 Å². The molecule has 0 aromatic rings. The van der Waals surface area contributed by atoms with Crippen LogP contribution in [-0.4, -0.2) is 38.0 Å². The SMILES string of the molecule is CCC(=O)NCC(C)CN(C)C. The molecular formula is C9H20N2O. The van der Waals surface area contributed by atoms with Gasteiger partial charge in [-0.2, -0.15) is 0 Å². The fourth-order valence-electron chi connectivity index (χ4n) is 1.10. The van der Waals surface area contributed by atoms with Crippen molar-refractivity contribution in [1.29, 1.82) is 0 Å². The largest absolute Gasteiger partial charge is 0.356 e. The Morgan fingerprint density at radius 1 is 1.50 bits per heavy atom. The number of amides is 1. The zero-order chi connectivity index (χ0) is 9.56. The highest BCUT2D eigenvalue weighted by Gasteiger charge is 2.04. The summed E-state index contributed by atoms with van der Waals surface area (Å²) >= 11 is 0. The molecule has 0 radical (unpaired) electrons. The minimum Gasteiger partial charge on any atom is -0.356 e. The number of rotatable bonds is 5. The Morgan fingerprint density at radius 2 is 2.08 bits per heavy atom. The zero-order valence-corrected chi connectivity index (χ0v) is 8.55. The first kappa shape index (κ1) is 11.4. The van der Waals surface area contributed by atoms with Gasteiger partial charge in [-0.15, -0.1) is 0 Å². The first-order valence-electron chi connectivity index (χ1n) is 4.47. The molecule has 1 N–H and O–H groups in total. The van der Waals surface area contributed by atoms with Crippen LogP contribution in [0.4, 0.5) is 0 Å². The normalized spacial score (nSPS) is 13.1. The number of hydrogen-bond donors (Lipinski definition) is 1. The van der Waals surface area contributed by atoms with Gasteiger partial charge in [0, 0.05) is 19.5 Å². The minimum absolute atomic E-state index is 0.139. The lowest BCUT2D eigenvalue weighted by atomic mass is 10.1. The Balaban J connectivity index is 3.43. The molecule has 1 unspecified atom stereocenters. The lowest BCUT2D eigenvalue weighted by molar-refractivity contribution is -0.120. The molecule has 1 amide bonds. The van der Waals surface area contributed by atoms with E-state index in [1.165, 1.54) is 0 Å². The van der Waals surface area contributed by atoms with Crippen molar-refractivity contribution in [2.24, 2.45) is 5.92 Å². The molecule has 12 heavy (non-hydrogen) atoms. The first-order valence-corrected chi connectivity index (χ1v) is 4.47. The third-order valence-corrected chi connectivity index (χ3v) is 1.65. The highest BCUT2D eigenvalue weighted by Crippen LogP contribution is 1.93. The van der Waals surface area contributed by atoms with Crippen LogP contribution < -0.4 is 5.32 Å². The van der Waals surface area contributed by atoms with Gasteiger partial charge >= 0.3 is 0 Å². The molecule has 0 saturated carbocycles. The van der Waals surface area contributed by atoms with Crippen LogP contribution in [-0.2, 0) is 4.79 Å². The molecule has 0 fully saturated rings. The summed E-state index contributed by atoms with van der Waals surface area (Å²) in [6.07, 6.45) is 0.578. The fraction of sp³-hybridized carbons (Fsp3) is 0.889. The van der Waals surface area contributed by atoms with E-state index in [9.17, 15) is 4.79 Å². The minimum atomic E-state index is 0.139. The van der Waals surface area contributed by atoms with Crippen molar-refractivity contribution in [2.45, 2.75) is 20.3 Å². The van der Waals surface area contributed by atoms with Gasteiger partial charge in [0.2, 0.25) is 5.91 Å². The predicted octanol–water partition coefficient (Wildman–Crippen LogP) is 0.710. The molecule has 3 nitrogen and oxygen atoms in total. The van der Waals surface area contributed by atoms with Gasteiger partial charge in [0.15, 0.2) is 0 Å². The van der Waals surface area contributed by atoms with Crippen molar-refractivity contribution in [3.05, 3.63) is 0 Å². The molecule has 0 bridgehead atoms. The maximum atomic E-state index is 10.9. The molecule has 0 heterocycles. The Bertz CT molecular complexity index is 134. The van der Waals surface area contributed by atoms with Gasteiger partial charge in [-0.05, 0) is 20.0 Å². The van der Waals surface area contributed by atoms with Gasteiger partial charge in [-0.3, -0.25) is 4.79 Å². The number of nitrogens with zero attached hydrogens (tertiary/aromatic N) is 1. The van der Waals surface area contributed by atoms with E-state index in [1.54, 1.807) is 0 Å². The summed E-state index contributed by atoms with van der Waals surface area (Å²) in [5.41, 5.74) is 0. The molecule has 0 aliphatic rings. The quantitative estimate of drug-likeness (QED) is 0.662. The molecule has 72 valence electrons. The van der Waals surface area contributed by atoms with Crippen molar-refractivity contribution in [1.82, 2.24) is 10.2 Å². The molecular weight excluding hydrogens is 152 g/mol. The van der Waals surface area contributed by atoms with Crippen molar-refractivity contribution in [2.75, 3.05) is 27.2 Å². The van der Waals surface area contributed by atoms with Crippen LogP contribution in [0, 0.1) is 5.92 Å². The Morgan fingerprint density at radius 3 is 2.50 bits per heavy atom. The lowest BCUT2D eigenvalue weighted by Crippen LogP contribution is -2.32. The van der Waals surface area contributed by atoms with E-state index in [0.29, 0.717) is 12.3 Å². The zero-order valence-electron chi connectivity index (χ0n) is 8.55. The number of nitrogens with one attached hydrogen (secondary N) is 1. The van der Waals surface area contributed by atoms with Crippen LogP contribution in [0.15, 0.2) is 0 Å². The molecule has 3 heteroatoms. The maximum Gasteiger partial charge on any atom is 0.219 e. The third-order valence-electron chi connectivity index (χ3n) is 1.65. The van der Waals surface area contributed by atoms with Gasteiger partial charge in [-0.1, -0.05) is 13.8 Å². The van der Waals surface area contributed by atoms with Crippen molar-refractivity contribution >= 4 is 5.91 Å². The Kier molecular flexibility index (Phi) is 5.72. The average Bonchev–Trinajstić information content (AvgIpc) is 1.99. The van der Waals surface area contributed by atoms with E-state index in [-0.39, 0.29) is 5.91 Å². The molecule has 0 saturated heterocycles. The molecule has 0 aliphatic heterocycles. The van der Waals surface area contributed by atoms with E-state index < -0.39 is 0 Å². The lowest BCUT2D eigenvalue weighted by Gasteiger charge is -2.16. The number of hydrogen-bond acceptors (Lipinski definition) is 2.